The highest BCUT2D eigenvalue weighted by molar-refractivity contribution is 5.79. The Morgan fingerprint density at radius 3 is 2.53 bits per heavy atom. The van der Waals surface area contributed by atoms with E-state index in [1.165, 1.54) is 11.8 Å². The van der Waals surface area contributed by atoms with Gasteiger partial charge in [-0.1, -0.05) is 10.7 Å². The molecule has 0 heterocycles. The Kier molecular flexibility index (Phi) is 4.41. The third-order valence-electron chi connectivity index (χ3n) is 1.83. The van der Waals surface area contributed by atoms with Gasteiger partial charge in [-0.3, -0.25) is 0 Å². The third kappa shape index (κ3) is 4.31. The van der Waals surface area contributed by atoms with Crippen molar-refractivity contribution in [1.82, 2.24) is 0 Å². The Balaban J connectivity index is 2.53. The second kappa shape index (κ2) is 5.86. The second-order valence-corrected chi connectivity index (χ2v) is 3.41. The smallest absolute Gasteiger partial charge is 0.119 e. The van der Waals surface area contributed by atoms with Crippen LogP contribution in [0.5, 0.6) is 5.75 Å². The van der Waals surface area contributed by atoms with Gasteiger partial charge in [-0.15, -0.1) is 0 Å². The van der Waals surface area contributed by atoms with Gasteiger partial charge in [0.25, 0.3) is 0 Å². The Morgan fingerprint density at radius 1 is 1.33 bits per heavy atom. The van der Waals surface area contributed by atoms with Crippen LogP contribution in [0.2, 0.25) is 0 Å². The monoisotopic (exact) mass is 205 g/mol. The molecule has 0 aliphatic heterocycles. The molecule has 0 atom stereocenters. The minimum Gasteiger partial charge on any atom is -0.490 e. The van der Waals surface area contributed by atoms with E-state index >= 15 is 0 Å². The van der Waals surface area contributed by atoms with E-state index in [4.69, 9.17) is 9.94 Å². The fourth-order valence-corrected chi connectivity index (χ4v) is 1.02. The zero-order chi connectivity index (χ0) is 11.1. The van der Waals surface area contributed by atoms with Crippen molar-refractivity contribution in [2.24, 2.45) is 5.16 Å². The number of oxime groups is 1. The van der Waals surface area contributed by atoms with E-state index in [2.05, 4.69) is 5.16 Å². The largest absolute Gasteiger partial charge is 0.490 e. The van der Waals surface area contributed by atoms with Crippen molar-refractivity contribution in [2.45, 2.75) is 13.8 Å². The molecule has 3 nitrogen and oxygen atoms in total. The number of allylic oxidation sites excluding steroid dienone is 1. The molecular weight excluding hydrogens is 190 g/mol. The summed E-state index contributed by atoms with van der Waals surface area (Å²) in [5.41, 5.74) is 2.08. The van der Waals surface area contributed by atoms with Crippen LogP contribution < -0.4 is 4.74 Å². The first-order chi connectivity index (χ1) is 7.22. The van der Waals surface area contributed by atoms with Gasteiger partial charge < -0.3 is 9.94 Å². The first kappa shape index (κ1) is 11.3. The summed E-state index contributed by atoms with van der Waals surface area (Å²) < 4.78 is 5.47. The van der Waals surface area contributed by atoms with Gasteiger partial charge in [0.05, 0.1) is 6.21 Å². The maximum absolute atomic E-state index is 8.32. The maximum atomic E-state index is 8.32. The molecule has 3 heteroatoms. The van der Waals surface area contributed by atoms with E-state index in [1.807, 2.05) is 44.2 Å². The quantitative estimate of drug-likeness (QED) is 0.355. The van der Waals surface area contributed by atoms with Crippen molar-refractivity contribution in [3.05, 3.63) is 41.5 Å². The molecule has 15 heavy (non-hydrogen) atoms. The van der Waals surface area contributed by atoms with Crippen LogP contribution in [0.25, 0.3) is 0 Å². The molecule has 0 unspecified atom stereocenters. The molecule has 0 aromatic heterocycles. The zero-order valence-electron chi connectivity index (χ0n) is 8.97. The molecule has 1 aromatic carbocycles. The molecule has 80 valence electrons. The first-order valence-electron chi connectivity index (χ1n) is 4.76. The van der Waals surface area contributed by atoms with Gasteiger partial charge in [0, 0.05) is 0 Å². The lowest BCUT2D eigenvalue weighted by Gasteiger charge is -2.03. The van der Waals surface area contributed by atoms with Gasteiger partial charge in [0.2, 0.25) is 0 Å². The summed E-state index contributed by atoms with van der Waals surface area (Å²) in [4.78, 5) is 0. The summed E-state index contributed by atoms with van der Waals surface area (Å²) in [5.74, 6) is 0.808. The number of nitrogens with zero attached hydrogens (tertiary/aromatic N) is 1. The van der Waals surface area contributed by atoms with E-state index in [-0.39, 0.29) is 0 Å². The topological polar surface area (TPSA) is 41.8 Å². The Morgan fingerprint density at radius 2 is 2.00 bits per heavy atom. The molecule has 0 fully saturated rings. The van der Waals surface area contributed by atoms with Crippen LogP contribution in [0.1, 0.15) is 19.4 Å². The van der Waals surface area contributed by atoms with Crippen LogP contribution in [0, 0.1) is 0 Å². The minimum atomic E-state index is 0.579. The zero-order valence-corrected chi connectivity index (χ0v) is 8.97. The number of ether oxygens (including phenoxy) is 1. The maximum Gasteiger partial charge on any atom is 0.119 e. The summed E-state index contributed by atoms with van der Waals surface area (Å²) in [6.07, 6.45) is 3.39. The van der Waals surface area contributed by atoms with Crippen LogP contribution in [0.3, 0.4) is 0 Å². The molecule has 1 aromatic rings. The molecule has 0 bridgehead atoms. The van der Waals surface area contributed by atoms with Crippen molar-refractivity contribution >= 4 is 6.21 Å². The summed E-state index contributed by atoms with van der Waals surface area (Å²) >= 11 is 0. The number of hydrogen-bond donors (Lipinski definition) is 1. The molecule has 0 amide bonds. The molecular formula is C12H15NO2. The van der Waals surface area contributed by atoms with Crippen molar-refractivity contribution in [3.8, 4) is 5.75 Å². The SMILES string of the molecule is CC(C)=CCOc1ccc(/C=N/O)cc1. The van der Waals surface area contributed by atoms with Crippen molar-refractivity contribution in [1.29, 1.82) is 0 Å². The van der Waals surface area contributed by atoms with Crippen molar-refractivity contribution < 1.29 is 9.94 Å². The van der Waals surface area contributed by atoms with Gasteiger partial charge in [0.1, 0.15) is 12.4 Å². The van der Waals surface area contributed by atoms with Gasteiger partial charge >= 0.3 is 0 Å². The number of rotatable bonds is 4. The van der Waals surface area contributed by atoms with Crippen LogP contribution in [0.4, 0.5) is 0 Å². The van der Waals surface area contributed by atoms with Crippen LogP contribution in [-0.4, -0.2) is 18.0 Å². The van der Waals surface area contributed by atoms with Crippen LogP contribution in [-0.2, 0) is 0 Å². The van der Waals surface area contributed by atoms with E-state index in [0.29, 0.717) is 6.61 Å². The summed E-state index contributed by atoms with van der Waals surface area (Å²) in [7, 11) is 0. The van der Waals surface area contributed by atoms with E-state index in [1.54, 1.807) is 0 Å². The predicted molar refractivity (Wildman–Crippen MR) is 60.7 cm³/mol. The average molecular weight is 205 g/mol. The number of hydrogen-bond acceptors (Lipinski definition) is 3. The first-order valence-corrected chi connectivity index (χ1v) is 4.76. The minimum absolute atomic E-state index is 0.579. The average Bonchev–Trinajstić information content (AvgIpc) is 2.20. The highest BCUT2D eigenvalue weighted by Crippen LogP contribution is 2.11. The summed E-state index contributed by atoms with van der Waals surface area (Å²) in [6.45, 7) is 4.64. The van der Waals surface area contributed by atoms with E-state index in [0.717, 1.165) is 11.3 Å². The fraction of sp³-hybridized carbons (Fsp3) is 0.250. The Hall–Kier alpha value is -1.77. The highest BCUT2D eigenvalue weighted by Gasteiger charge is 1.92. The van der Waals surface area contributed by atoms with Crippen molar-refractivity contribution in [2.75, 3.05) is 6.61 Å². The van der Waals surface area contributed by atoms with Gasteiger partial charge in [-0.25, -0.2) is 0 Å². The standard InChI is InChI=1S/C12H15NO2/c1-10(2)7-8-15-12-5-3-11(4-6-12)9-13-14/h3-7,9,14H,8H2,1-2H3/b13-9+. The van der Waals surface area contributed by atoms with Crippen molar-refractivity contribution in [3.63, 3.8) is 0 Å². The lowest BCUT2D eigenvalue weighted by atomic mass is 10.2. The molecule has 0 aliphatic carbocycles. The Labute approximate surface area is 89.7 Å². The van der Waals surface area contributed by atoms with Crippen LogP contribution >= 0.6 is 0 Å². The van der Waals surface area contributed by atoms with E-state index < -0.39 is 0 Å². The lowest BCUT2D eigenvalue weighted by Crippen LogP contribution is -1.94. The molecule has 0 spiro atoms. The highest BCUT2D eigenvalue weighted by atomic mass is 16.5. The summed E-state index contributed by atoms with van der Waals surface area (Å²) in [5, 5.41) is 11.3. The van der Waals surface area contributed by atoms with Gasteiger partial charge in [-0.05, 0) is 49.8 Å². The van der Waals surface area contributed by atoms with Crippen LogP contribution in [0.15, 0.2) is 41.1 Å². The predicted octanol–water partition coefficient (Wildman–Crippen LogP) is 2.84. The second-order valence-electron chi connectivity index (χ2n) is 3.41. The lowest BCUT2D eigenvalue weighted by molar-refractivity contribution is 0.322. The van der Waals surface area contributed by atoms with Gasteiger partial charge in [-0.2, -0.15) is 0 Å². The molecule has 0 saturated carbocycles. The molecule has 0 radical (unpaired) electrons. The Bertz CT molecular complexity index is 348. The fourth-order valence-electron chi connectivity index (χ4n) is 1.02. The molecule has 1 rings (SSSR count). The normalized spacial score (nSPS) is 10.3. The number of benzene rings is 1. The van der Waals surface area contributed by atoms with Gasteiger partial charge in [0.15, 0.2) is 0 Å². The van der Waals surface area contributed by atoms with E-state index in [9.17, 15) is 0 Å². The summed E-state index contributed by atoms with van der Waals surface area (Å²) in [6, 6.07) is 7.35. The third-order valence-corrected chi connectivity index (χ3v) is 1.83. The molecule has 1 N–H and O–H groups in total. The molecule has 0 saturated heterocycles. The molecule has 0 aliphatic rings.